The topological polar surface area (TPSA) is 58.9 Å². The molecule has 0 aromatic heterocycles. The molecule has 0 aliphatic heterocycles. The van der Waals surface area contributed by atoms with Crippen molar-refractivity contribution < 1.29 is 19.7 Å². The molecule has 4 heteroatoms. The Bertz CT molecular complexity index is 43.7. The second-order valence-electron chi connectivity index (χ2n) is 1.64. The van der Waals surface area contributed by atoms with E-state index in [9.17, 15) is 0 Å². The predicted octanol–water partition coefficient (Wildman–Crippen LogP) is -0.360. The van der Waals surface area contributed by atoms with Crippen molar-refractivity contribution in [3.63, 3.8) is 0 Å². The van der Waals surface area contributed by atoms with Crippen LogP contribution >= 0.6 is 0 Å². The molecule has 0 spiro atoms. The number of methoxy groups -OCH3 is 1. The van der Waals surface area contributed by atoms with Crippen LogP contribution in [-0.2, 0) is 9.47 Å². The number of ether oxygens (including phenoxy) is 2. The quantitative estimate of drug-likeness (QED) is 0.548. The molecule has 0 heterocycles. The molecule has 0 radical (unpaired) electrons. The van der Waals surface area contributed by atoms with Gasteiger partial charge < -0.3 is 19.7 Å². The van der Waals surface area contributed by atoms with Crippen molar-refractivity contribution in [3.8, 4) is 0 Å². The molecule has 0 saturated carbocycles. The van der Waals surface area contributed by atoms with Gasteiger partial charge in [-0.3, -0.25) is 0 Å². The first kappa shape index (κ1) is 13.4. The summed E-state index contributed by atoms with van der Waals surface area (Å²) in [5, 5.41) is 16.2. The zero-order valence-corrected chi connectivity index (χ0v) is 7.25. The Kier molecular flexibility index (Phi) is 20.1. The van der Waals surface area contributed by atoms with E-state index in [1.807, 2.05) is 6.92 Å². The Morgan fingerprint density at radius 1 is 1.09 bits per heavy atom. The largest absolute Gasteiger partial charge is 0.394 e. The van der Waals surface area contributed by atoms with Crippen LogP contribution in [0.5, 0.6) is 0 Å². The SMILES string of the molecule is CCOC.OCCOCCO. The molecule has 0 aromatic carbocycles. The molecule has 11 heavy (non-hydrogen) atoms. The van der Waals surface area contributed by atoms with Gasteiger partial charge in [0.15, 0.2) is 0 Å². The van der Waals surface area contributed by atoms with Crippen molar-refractivity contribution in [3.05, 3.63) is 0 Å². The zero-order valence-electron chi connectivity index (χ0n) is 7.25. The molecule has 0 aromatic rings. The first-order valence-corrected chi connectivity index (χ1v) is 3.61. The van der Waals surface area contributed by atoms with Crippen molar-refractivity contribution in [1.29, 1.82) is 0 Å². The highest BCUT2D eigenvalue weighted by Gasteiger charge is 1.79. The number of hydrogen-bond donors (Lipinski definition) is 2. The Morgan fingerprint density at radius 3 is 1.64 bits per heavy atom. The van der Waals surface area contributed by atoms with Crippen molar-refractivity contribution in [2.24, 2.45) is 0 Å². The average molecular weight is 166 g/mol. The maximum Gasteiger partial charge on any atom is 0.0698 e. The van der Waals surface area contributed by atoms with Gasteiger partial charge in [0.05, 0.1) is 26.4 Å². The van der Waals surface area contributed by atoms with E-state index in [-0.39, 0.29) is 13.2 Å². The molecule has 0 atom stereocenters. The van der Waals surface area contributed by atoms with Crippen LogP contribution < -0.4 is 0 Å². The summed E-state index contributed by atoms with van der Waals surface area (Å²) in [6.07, 6.45) is 0. The summed E-state index contributed by atoms with van der Waals surface area (Å²) in [6.45, 7) is 3.47. The summed E-state index contributed by atoms with van der Waals surface area (Å²) < 4.78 is 9.17. The van der Waals surface area contributed by atoms with Crippen molar-refractivity contribution >= 4 is 0 Å². The van der Waals surface area contributed by atoms with E-state index >= 15 is 0 Å². The number of hydrogen-bond acceptors (Lipinski definition) is 4. The molecule has 0 amide bonds. The van der Waals surface area contributed by atoms with Crippen LogP contribution in [0.4, 0.5) is 0 Å². The molecule has 0 unspecified atom stereocenters. The van der Waals surface area contributed by atoms with E-state index in [2.05, 4.69) is 9.47 Å². The second-order valence-corrected chi connectivity index (χ2v) is 1.64. The summed E-state index contributed by atoms with van der Waals surface area (Å²) >= 11 is 0. The van der Waals surface area contributed by atoms with Crippen LogP contribution in [0.25, 0.3) is 0 Å². The van der Waals surface area contributed by atoms with Crippen molar-refractivity contribution in [2.75, 3.05) is 40.1 Å². The Labute approximate surface area is 67.8 Å². The first-order chi connectivity index (χ1) is 5.33. The second kappa shape index (κ2) is 16.4. The molecule has 0 fully saturated rings. The van der Waals surface area contributed by atoms with Gasteiger partial charge in [0, 0.05) is 13.7 Å². The normalized spacial score (nSPS) is 8.73. The average Bonchev–Trinajstić information content (AvgIpc) is 2.06. The summed E-state index contributed by atoms with van der Waals surface area (Å²) in [6, 6.07) is 0. The lowest BCUT2D eigenvalue weighted by molar-refractivity contribution is 0.0650. The summed E-state index contributed by atoms with van der Waals surface area (Å²) in [4.78, 5) is 0. The predicted molar refractivity (Wildman–Crippen MR) is 42.5 cm³/mol. The van der Waals surface area contributed by atoms with Gasteiger partial charge >= 0.3 is 0 Å². The van der Waals surface area contributed by atoms with Gasteiger partial charge in [0.2, 0.25) is 0 Å². The van der Waals surface area contributed by atoms with Gasteiger partial charge in [-0.05, 0) is 6.92 Å². The van der Waals surface area contributed by atoms with Crippen LogP contribution in [-0.4, -0.2) is 50.4 Å². The minimum Gasteiger partial charge on any atom is -0.394 e. The van der Waals surface area contributed by atoms with Crippen LogP contribution in [0.15, 0.2) is 0 Å². The third kappa shape index (κ3) is 25.8. The fourth-order valence-electron chi connectivity index (χ4n) is 0.231. The van der Waals surface area contributed by atoms with Crippen molar-refractivity contribution in [1.82, 2.24) is 0 Å². The molecule has 0 aliphatic carbocycles. The van der Waals surface area contributed by atoms with Crippen LogP contribution in [0.3, 0.4) is 0 Å². The van der Waals surface area contributed by atoms with Crippen LogP contribution in [0.1, 0.15) is 6.92 Å². The Balaban J connectivity index is 0. The molecule has 0 saturated heterocycles. The van der Waals surface area contributed by atoms with Crippen molar-refractivity contribution in [2.45, 2.75) is 6.92 Å². The highest BCUT2D eigenvalue weighted by atomic mass is 16.5. The zero-order chi connectivity index (χ0) is 8.95. The van der Waals surface area contributed by atoms with Crippen LogP contribution in [0.2, 0.25) is 0 Å². The lowest BCUT2D eigenvalue weighted by Crippen LogP contribution is -2.03. The van der Waals surface area contributed by atoms with E-state index in [1.165, 1.54) is 0 Å². The van der Waals surface area contributed by atoms with E-state index in [0.717, 1.165) is 6.61 Å². The van der Waals surface area contributed by atoms with Gasteiger partial charge in [0.25, 0.3) is 0 Å². The highest BCUT2D eigenvalue weighted by Crippen LogP contribution is 1.68. The Morgan fingerprint density at radius 2 is 1.45 bits per heavy atom. The molecule has 70 valence electrons. The monoisotopic (exact) mass is 166 g/mol. The van der Waals surface area contributed by atoms with Gasteiger partial charge in [-0.15, -0.1) is 0 Å². The maximum absolute atomic E-state index is 8.09. The number of aliphatic hydroxyl groups is 2. The summed E-state index contributed by atoms with van der Waals surface area (Å²) in [5.41, 5.74) is 0. The number of rotatable bonds is 5. The smallest absolute Gasteiger partial charge is 0.0698 e. The van der Waals surface area contributed by atoms with Gasteiger partial charge in [-0.2, -0.15) is 0 Å². The standard InChI is InChI=1S/C4H10O3.C3H8O/c5-1-3-7-4-2-6;1-3-4-2/h5-6H,1-4H2;3H2,1-2H3. The van der Waals surface area contributed by atoms with E-state index in [4.69, 9.17) is 10.2 Å². The fourth-order valence-corrected chi connectivity index (χ4v) is 0.231. The van der Waals surface area contributed by atoms with E-state index in [1.54, 1.807) is 7.11 Å². The van der Waals surface area contributed by atoms with Gasteiger partial charge in [-0.1, -0.05) is 0 Å². The fraction of sp³-hybridized carbons (Fsp3) is 1.00. The molecule has 0 rings (SSSR count). The van der Waals surface area contributed by atoms with E-state index < -0.39 is 0 Å². The molecule has 0 aliphatic rings. The molecular formula is C7H18O4. The van der Waals surface area contributed by atoms with Crippen LogP contribution in [0, 0.1) is 0 Å². The third-order valence-electron chi connectivity index (χ3n) is 0.760. The minimum absolute atomic E-state index is 0.0278. The third-order valence-corrected chi connectivity index (χ3v) is 0.760. The summed E-state index contributed by atoms with van der Waals surface area (Å²) in [5.74, 6) is 0. The van der Waals surface area contributed by atoms with E-state index in [0.29, 0.717) is 13.2 Å². The maximum atomic E-state index is 8.09. The lowest BCUT2D eigenvalue weighted by Gasteiger charge is -1.94. The number of aliphatic hydroxyl groups excluding tert-OH is 2. The first-order valence-electron chi connectivity index (χ1n) is 3.61. The lowest BCUT2D eigenvalue weighted by atomic mass is 10.7. The van der Waals surface area contributed by atoms with Gasteiger partial charge in [0.1, 0.15) is 0 Å². The molecular weight excluding hydrogens is 148 g/mol. The van der Waals surface area contributed by atoms with Gasteiger partial charge in [-0.25, -0.2) is 0 Å². The minimum atomic E-state index is 0.0278. The summed E-state index contributed by atoms with van der Waals surface area (Å²) in [7, 11) is 1.68. The molecule has 0 bridgehead atoms. The Hall–Kier alpha value is -0.160. The molecule has 2 N–H and O–H groups in total. The highest BCUT2D eigenvalue weighted by molar-refractivity contribution is 4.24. The molecule has 4 nitrogen and oxygen atoms in total.